The van der Waals surface area contributed by atoms with Gasteiger partial charge in [0.25, 0.3) is 0 Å². The third-order valence-electron chi connectivity index (χ3n) is 2.41. The van der Waals surface area contributed by atoms with Crippen molar-refractivity contribution in [3.05, 3.63) is 23.8 Å². The van der Waals surface area contributed by atoms with Crippen LogP contribution in [0.15, 0.2) is 23.1 Å². The summed E-state index contributed by atoms with van der Waals surface area (Å²) in [5, 5.41) is 10.7. The number of nitrogens with one attached hydrogen (secondary N) is 1. The minimum Gasteiger partial charge on any atom is -0.399 e. The van der Waals surface area contributed by atoms with E-state index in [0.29, 0.717) is 11.3 Å². The number of aryl methyl sites for hydroxylation is 1. The summed E-state index contributed by atoms with van der Waals surface area (Å²) in [6.07, 6.45) is 0.146. The van der Waals surface area contributed by atoms with Gasteiger partial charge in [0.05, 0.1) is 17.4 Å². The third kappa shape index (κ3) is 4.26. The molecule has 6 nitrogen and oxygen atoms in total. The number of nitrogen functional groups attached to an aromatic ring is 1. The molecule has 0 radical (unpaired) electrons. The van der Waals surface area contributed by atoms with Crippen molar-refractivity contribution < 1.29 is 13.2 Å². The molecule has 19 heavy (non-hydrogen) atoms. The normalized spacial score (nSPS) is 10.7. The van der Waals surface area contributed by atoms with Crippen molar-refractivity contribution in [1.29, 1.82) is 5.26 Å². The molecule has 1 amide bonds. The van der Waals surface area contributed by atoms with E-state index >= 15 is 0 Å². The molecule has 0 aliphatic heterocycles. The van der Waals surface area contributed by atoms with E-state index in [4.69, 9.17) is 11.0 Å². The Labute approximate surface area is 112 Å². The van der Waals surface area contributed by atoms with Crippen LogP contribution in [0.4, 0.5) is 5.69 Å². The molecule has 0 heterocycles. The highest BCUT2D eigenvalue weighted by molar-refractivity contribution is 7.92. The Morgan fingerprint density at radius 1 is 1.47 bits per heavy atom. The van der Waals surface area contributed by atoms with Crippen molar-refractivity contribution in [3.8, 4) is 6.07 Å². The van der Waals surface area contributed by atoms with E-state index in [-0.39, 0.29) is 17.9 Å². The number of carbonyl (C=O) groups is 1. The first-order chi connectivity index (χ1) is 8.86. The van der Waals surface area contributed by atoms with Crippen LogP contribution in [0.5, 0.6) is 0 Å². The number of sulfone groups is 1. The molecule has 0 unspecified atom stereocenters. The smallest absolute Gasteiger partial charge is 0.235 e. The van der Waals surface area contributed by atoms with Crippen LogP contribution in [0.2, 0.25) is 0 Å². The number of nitrogens with zero attached hydrogens (tertiary/aromatic N) is 1. The Morgan fingerprint density at radius 2 is 2.16 bits per heavy atom. The van der Waals surface area contributed by atoms with Crippen LogP contribution >= 0.6 is 0 Å². The van der Waals surface area contributed by atoms with Crippen molar-refractivity contribution in [1.82, 2.24) is 5.32 Å². The lowest BCUT2D eigenvalue weighted by Crippen LogP contribution is -2.31. The molecule has 0 saturated carbocycles. The quantitative estimate of drug-likeness (QED) is 0.598. The van der Waals surface area contributed by atoms with Gasteiger partial charge >= 0.3 is 0 Å². The van der Waals surface area contributed by atoms with Gasteiger partial charge in [-0.1, -0.05) is 0 Å². The Balaban J connectivity index is 2.81. The Hall–Kier alpha value is -2.07. The number of benzene rings is 1. The van der Waals surface area contributed by atoms with Gasteiger partial charge in [0, 0.05) is 12.2 Å². The lowest BCUT2D eigenvalue weighted by Gasteiger charge is -2.08. The van der Waals surface area contributed by atoms with Gasteiger partial charge < -0.3 is 11.1 Å². The fourth-order valence-electron chi connectivity index (χ4n) is 1.58. The minimum absolute atomic E-state index is 0.0946. The zero-order chi connectivity index (χ0) is 14.5. The number of nitriles is 1. The lowest BCUT2D eigenvalue weighted by molar-refractivity contribution is -0.118. The second-order valence-corrected chi connectivity index (χ2v) is 6.00. The standard InChI is InChI=1S/C12H15N3O3S/c1-9-7-10(14)3-4-11(9)19(17,18)8-12(16)15-6-2-5-13/h3-4,7H,2,6,8,14H2,1H3,(H,15,16). The molecule has 1 rings (SSSR count). The van der Waals surface area contributed by atoms with Crippen LogP contribution in [0, 0.1) is 18.3 Å². The van der Waals surface area contributed by atoms with E-state index in [2.05, 4.69) is 5.32 Å². The first-order valence-electron chi connectivity index (χ1n) is 5.59. The van der Waals surface area contributed by atoms with E-state index < -0.39 is 21.5 Å². The number of hydrogen-bond acceptors (Lipinski definition) is 5. The van der Waals surface area contributed by atoms with Crippen LogP contribution in [-0.4, -0.2) is 26.6 Å². The molecule has 102 valence electrons. The number of nitrogens with two attached hydrogens (primary N) is 1. The molecule has 0 fully saturated rings. The average Bonchev–Trinajstić information content (AvgIpc) is 2.27. The highest BCUT2D eigenvalue weighted by Crippen LogP contribution is 2.19. The molecule has 3 N–H and O–H groups in total. The molecular formula is C12H15N3O3S. The molecular weight excluding hydrogens is 266 g/mol. The first kappa shape index (κ1) is 15.0. The summed E-state index contributed by atoms with van der Waals surface area (Å²) in [6.45, 7) is 1.77. The molecule has 0 atom stereocenters. The third-order valence-corrected chi connectivity index (χ3v) is 4.18. The van der Waals surface area contributed by atoms with Crippen LogP contribution in [-0.2, 0) is 14.6 Å². The lowest BCUT2D eigenvalue weighted by atomic mass is 10.2. The fourth-order valence-corrected chi connectivity index (χ4v) is 3.01. The summed E-state index contributed by atoms with van der Waals surface area (Å²) < 4.78 is 24.1. The molecule has 0 saturated heterocycles. The maximum Gasteiger partial charge on any atom is 0.235 e. The molecule has 1 aromatic carbocycles. The molecule has 0 spiro atoms. The van der Waals surface area contributed by atoms with E-state index in [9.17, 15) is 13.2 Å². The summed E-state index contributed by atoms with van der Waals surface area (Å²) in [5.41, 5.74) is 6.52. The van der Waals surface area contributed by atoms with Crippen molar-refractivity contribution in [2.75, 3.05) is 18.0 Å². The molecule has 1 aromatic rings. The highest BCUT2D eigenvalue weighted by Gasteiger charge is 2.21. The van der Waals surface area contributed by atoms with Crippen LogP contribution in [0.1, 0.15) is 12.0 Å². The zero-order valence-electron chi connectivity index (χ0n) is 10.5. The van der Waals surface area contributed by atoms with Crippen molar-refractivity contribution in [2.45, 2.75) is 18.2 Å². The van der Waals surface area contributed by atoms with Gasteiger partial charge in [0.1, 0.15) is 5.75 Å². The number of rotatable bonds is 5. The zero-order valence-corrected chi connectivity index (χ0v) is 11.3. The Morgan fingerprint density at radius 3 is 2.74 bits per heavy atom. The molecule has 0 aliphatic carbocycles. The SMILES string of the molecule is Cc1cc(N)ccc1S(=O)(=O)CC(=O)NCCC#N. The van der Waals surface area contributed by atoms with Crippen molar-refractivity contribution >= 4 is 21.4 Å². The van der Waals surface area contributed by atoms with Gasteiger partial charge in [-0.2, -0.15) is 5.26 Å². The van der Waals surface area contributed by atoms with Crippen molar-refractivity contribution in [3.63, 3.8) is 0 Å². The number of hydrogen-bond donors (Lipinski definition) is 2. The minimum atomic E-state index is -3.69. The van der Waals surface area contributed by atoms with Gasteiger partial charge in [-0.15, -0.1) is 0 Å². The number of carbonyl (C=O) groups excluding carboxylic acids is 1. The van der Waals surface area contributed by atoms with Gasteiger partial charge in [0.2, 0.25) is 5.91 Å². The second-order valence-electron chi connectivity index (χ2n) is 4.04. The van der Waals surface area contributed by atoms with Crippen LogP contribution < -0.4 is 11.1 Å². The van der Waals surface area contributed by atoms with Gasteiger partial charge in [-0.25, -0.2) is 8.42 Å². The molecule has 0 bridgehead atoms. The topological polar surface area (TPSA) is 113 Å². The molecule has 0 aliphatic rings. The number of amides is 1. The maximum atomic E-state index is 12.0. The van der Waals surface area contributed by atoms with Gasteiger partial charge in [-0.3, -0.25) is 4.79 Å². The van der Waals surface area contributed by atoms with Gasteiger partial charge in [0.15, 0.2) is 9.84 Å². The van der Waals surface area contributed by atoms with E-state index in [1.54, 1.807) is 13.0 Å². The van der Waals surface area contributed by atoms with Crippen LogP contribution in [0.25, 0.3) is 0 Å². The monoisotopic (exact) mass is 281 g/mol. The van der Waals surface area contributed by atoms with E-state index in [1.165, 1.54) is 12.1 Å². The highest BCUT2D eigenvalue weighted by atomic mass is 32.2. The first-order valence-corrected chi connectivity index (χ1v) is 7.24. The maximum absolute atomic E-state index is 12.0. The largest absolute Gasteiger partial charge is 0.399 e. The summed E-state index contributed by atoms with van der Waals surface area (Å²) >= 11 is 0. The fraction of sp³-hybridized carbons (Fsp3) is 0.333. The Bertz CT molecular complexity index is 618. The summed E-state index contributed by atoms with van der Waals surface area (Å²) in [7, 11) is -3.69. The molecule has 7 heteroatoms. The summed E-state index contributed by atoms with van der Waals surface area (Å²) in [6, 6.07) is 6.27. The molecule has 0 aromatic heterocycles. The van der Waals surface area contributed by atoms with Crippen LogP contribution in [0.3, 0.4) is 0 Å². The predicted octanol–water partition coefficient (Wildman–Crippen LogP) is 0.381. The van der Waals surface area contributed by atoms with E-state index in [0.717, 1.165) is 0 Å². The van der Waals surface area contributed by atoms with E-state index in [1.807, 2.05) is 6.07 Å². The van der Waals surface area contributed by atoms with Crippen molar-refractivity contribution in [2.24, 2.45) is 0 Å². The summed E-state index contributed by atoms with van der Waals surface area (Å²) in [4.78, 5) is 11.6. The van der Waals surface area contributed by atoms with Gasteiger partial charge in [-0.05, 0) is 30.7 Å². The average molecular weight is 281 g/mol. The summed E-state index contributed by atoms with van der Waals surface area (Å²) in [5.74, 6) is -1.25. The predicted molar refractivity (Wildman–Crippen MR) is 70.9 cm³/mol. The second kappa shape index (κ2) is 6.20. The number of anilines is 1. The Kier molecular flexibility index (Phi) is 4.89.